The van der Waals surface area contributed by atoms with Crippen molar-refractivity contribution in [1.82, 2.24) is 0 Å². The van der Waals surface area contributed by atoms with Gasteiger partial charge < -0.3 is 39.9 Å². The number of carbonyl (C=O) groups is 1. The van der Waals surface area contributed by atoms with Gasteiger partial charge in [0.25, 0.3) is 0 Å². The molecule has 0 aromatic heterocycles. The first-order chi connectivity index (χ1) is 30.0. The second-order valence-electron chi connectivity index (χ2n) is 16.6. The molecule has 0 radical (unpaired) electrons. The number of phosphoric acid groups is 1. The Morgan fingerprint density at radius 3 is 1.44 bits per heavy atom. The summed E-state index contributed by atoms with van der Waals surface area (Å²) in [5.41, 5.74) is 0. The number of aliphatic hydroxyl groups is 5. The van der Waals surface area contributed by atoms with E-state index in [0.29, 0.717) is 13.0 Å². The molecule has 6 N–H and O–H groups in total. The summed E-state index contributed by atoms with van der Waals surface area (Å²) in [5.74, 6) is -0.495. The molecule has 0 aliphatic heterocycles. The molecule has 0 aromatic carbocycles. The largest absolute Gasteiger partial charge is 0.472 e. The number of hydrogen-bond acceptors (Lipinski definition) is 11. The number of phosphoric ester groups is 1. The van der Waals surface area contributed by atoms with Crippen molar-refractivity contribution >= 4 is 13.8 Å². The molecule has 0 bridgehead atoms. The summed E-state index contributed by atoms with van der Waals surface area (Å²) >= 11 is 0. The number of unbranched alkanes of at least 4 members (excludes halogenated alkanes) is 18. The normalized spacial score (nSPS) is 22.5. The molecule has 1 aliphatic carbocycles. The first-order valence-corrected chi connectivity index (χ1v) is 25.6. The molecule has 0 heterocycles. The van der Waals surface area contributed by atoms with Crippen LogP contribution in [0.5, 0.6) is 0 Å². The predicted molar refractivity (Wildman–Crippen MR) is 248 cm³/mol. The van der Waals surface area contributed by atoms with Crippen LogP contribution in [0.4, 0.5) is 0 Å². The van der Waals surface area contributed by atoms with Crippen LogP contribution in [0.25, 0.3) is 0 Å². The zero-order valence-electron chi connectivity index (χ0n) is 38.4. The Hall–Kier alpha value is -1.96. The minimum atomic E-state index is -5.03. The van der Waals surface area contributed by atoms with Crippen molar-refractivity contribution in [2.75, 3.05) is 19.8 Å². The van der Waals surface area contributed by atoms with Gasteiger partial charge in [-0.05, 0) is 77.0 Å². The predicted octanol–water partition coefficient (Wildman–Crippen LogP) is 10.2. The lowest BCUT2D eigenvalue weighted by molar-refractivity contribution is -0.220. The molecular weight excluding hydrogens is 812 g/mol. The first kappa shape index (κ1) is 58.1. The lowest BCUT2D eigenvalue weighted by Gasteiger charge is -2.41. The summed E-state index contributed by atoms with van der Waals surface area (Å²) < 4.78 is 34.2. The van der Waals surface area contributed by atoms with Crippen LogP contribution < -0.4 is 0 Å². The zero-order chi connectivity index (χ0) is 45.5. The van der Waals surface area contributed by atoms with Crippen molar-refractivity contribution in [3.63, 3.8) is 0 Å². The fraction of sp³-hybridized carbons (Fsp3) is 0.776. The van der Waals surface area contributed by atoms with E-state index in [-0.39, 0.29) is 13.0 Å². The van der Waals surface area contributed by atoms with E-state index in [1.165, 1.54) is 44.9 Å². The van der Waals surface area contributed by atoms with Crippen molar-refractivity contribution in [3.05, 3.63) is 60.8 Å². The summed E-state index contributed by atoms with van der Waals surface area (Å²) in [6.07, 6.45) is 37.1. The van der Waals surface area contributed by atoms with Crippen LogP contribution in [0, 0.1) is 0 Å². The highest BCUT2D eigenvalue weighted by Gasteiger charge is 2.51. The van der Waals surface area contributed by atoms with E-state index in [1.807, 2.05) is 0 Å². The summed E-state index contributed by atoms with van der Waals surface area (Å²) in [7, 11) is -5.03. The molecule has 360 valence electrons. The zero-order valence-corrected chi connectivity index (χ0v) is 39.3. The molecule has 6 unspecified atom stereocenters. The van der Waals surface area contributed by atoms with Gasteiger partial charge in [-0.25, -0.2) is 4.57 Å². The van der Waals surface area contributed by atoms with Gasteiger partial charge in [0, 0.05) is 13.0 Å². The van der Waals surface area contributed by atoms with Gasteiger partial charge in [0.15, 0.2) is 0 Å². The number of carbonyl (C=O) groups excluding carboxylic acids is 1. The monoisotopic (exact) mass is 899 g/mol. The van der Waals surface area contributed by atoms with Gasteiger partial charge in [-0.1, -0.05) is 158 Å². The molecular formula is C49H87O12P. The lowest BCUT2D eigenvalue weighted by atomic mass is 9.85. The Morgan fingerprint density at radius 2 is 0.935 bits per heavy atom. The Balaban J connectivity index is 2.39. The summed E-state index contributed by atoms with van der Waals surface area (Å²) in [6, 6.07) is 0. The lowest BCUT2D eigenvalue weighted by Crippen LogP contribution is -2.64. The summed E-state index contributed by atoms with van der Waals surface area (Å²) in [5, 5.41) is 50.2. The highest BCUT2D eigenvalue weighted by Crippen LogP contribution is 2.47. The smallest absolute Gasteiger partial charge is 0.457 e. The molecule has 1 rings (SSSR count). The van der Waals surface area contributed by atoms with Crippen LogP contribution in [0.15, 0.2) is 60.8 Å². The second kappa shape index (κ2) is 39.4. The van der Waals surface area contributed by atoms with E-state index in [2.05, 4.69) is 74.6 Å². The Kier molecular flexibility index (Phi) is 36.9. The third kappa shape index (κ3) is 31.0. The number of esters is 1. The molecule has 0 aromatic rings. The maximum atomic E-state index is 12.8. The fourth-order valence-corrected chi connectivity index (χ4v) is 7.96. The highest BCUT2D eigenvalue weighted by molar-refractivity contribution is 7.47. The molecule has 12 nitrogen and oxygen atoms in total. The fourth-order valence-electron chi connectivity index (χ4n) is 6.99. The van der Waals surface area contributed by atoms with E-state index in [9.17, 15) is 39.8 Å². The van der Waals surface area contributed by atoms with Crippen LogP contribution in [0.1, 0.15) is 181 Å². The third-order valence-corrected chi connectivity index (χ3v) is 11.8. The second-order valence-corrected chi connectivity index (χ2v) is 18.0. The number of hydrogen-bond donors (Lipinski definition) is 6. The molecule has 1 fully saturated rings. The SMILES string of the molecule is CCC/C=C\C/C=C\CCCCCCCCOCC(COP(=O)(O)OC1C(O)C(O)C(O)C(O)C1O)OC(=O)CCCCCCCC/C=C\C/C=C\C/C=C\CCCCCCC. The van der Waals surface area contributed by atoms with Crippen LogP contribution in [0.3, 0.4) is 0 Å². The Morgan fingerprint density at radius 1 is 0.516 bits per heavy atom. The molecule has 0 saturated heterocycles. The Labute approximate surface area is 375 Å². The highest BCUT2D eigenvalue weighted by atomic mass is 31.2. The van der Waals surface area contributed by atoms with E-state index in [1.54, 1.807) is 0 Å². The Bertz CT molecular complexity index is 1250. The number of rotatable bonds is 40. The maximum absolute atomic E-state index is 12.8. The molecule has 6 atom stereocenters. The average Bonchev–Trinajstić information content (AvgIpc) is 3.26. The van der Waals surface area contributed by atoms with Crippen LogP contribution in [0.2, 0.25) is 0 Å². The number of aliphatic hydroxyl groups excluding tert-OH is 5. The molecule has 0 amide bonds. The third-order valence-electron chi connectivity index (χ3n) is 10.8. The van der Waals surface area contributed by atoms with Crippen molar-refractivity contribution in [2.24, 2.45) is 0 Å². The maximum Gasteiger partial charge on any atom is 0.472 e. The van der Waals surface area contributed by atoms with Gasteiger partial charge in [-0.2, -0.15) is 0 Å². The summed E-state index contributed by atoms with van der Waals surface area (Å²) in [6.45, 7) is 4.14. The quantitative estimate of drug-likeness (QED) is 0.0148. The van der Waals surface area contributed by atoms with Crippen molar-refractivity contribution in [1.29, 1.82) is 0 Å². The van der Waals surface area contributed by atoms with Crippen molar-refractivity contribution in [2.45, 2.75) is 224 Å². The molecule has 1 saturated carbocycles. The minimum absolute atomic E-state index is 0.0919. The van der Waals surface area contributed by atoms with E-state index in [4.69, 9.17) is 18.5 Å². The van der Waals surface area contributed by atoms with Gasteiger partial charge in [-0.3, -0.25) is 13.8 Å². The van der Waals surface area contributed by atoms with Gasteiger partial charge in [-0.15, -0.1) is 0 Å². The van der Waals surface area contributed by atoms with Gasteiger partial charge in [0.1, 0.15) is 42.7 Å². The van der Waals surface area contributed by atoms with Gasteiger partial charge in [0.2, 0.25) is 0 Å². The minimum Gasteiger partial charge on any atom is -0.457 e. The van der Waals surface area contributed by atoms with Gasteiger partial charge >= 0.3 is 13.8 Å². The average molecular weight is 899 g/mol. The van der Waals surface area contributed by atoms with Gasteiger partial charge in [0.05, 0.1) is 13.2 Å². The standard InChI is InChI=1S/C49H87O12P/c1-3-5-7-9-11-13-15-17-19-20-21-22-23-24-25-26-28-30-32-34-36-38-43(50)60-42(40-58-39-37-35-33-31-29-27-18-16-14-12-10-8-6-4-2)41-59-62(56,57)61-49-47(54)45(52)44(51)46(53)48(49)55/h8,10,14-17,20-21,23-24,42,44-49,51-55H,3-7,9,11-13,18-19,22,25-41H2,1-2H3,(H,56,57)/b10-8-,16-14-,17-15-,21-20-,24-23-. The summed E-state index contributed by atoms with van der Waals surface area (Å²) in [4.78, 5) is 23.2. The molecule has 62 heavy (non-hydrogen) atoms. The topological polar surface area (TPSA) is 192 Å². The number of allylic oxidation sites excluding steroid dienone is 10. The van der Waals surface area contributed by atoms with Crippen molar-refractivity contribution < 1.29 is 58.3 Å². The number of ether oxygens (including phenoxy) is 2. The molecule has 13 heteroatoms. The van der Waals surface area contributed by atoms with Crippen LogP contribution in [-0.2, 0) is 27.9 Å². The molecule has 0 spiro atoms. The van der Waals surface area contributed by atoms with E-state index < -0.39 is 63.1 Å². The van der Waals surface area contributed by atoms with E-state index in [0.717, 1.165) is 109 Å². The van der Waals surface area contributed by atoms with Crippen LogP contribution in [-0.4, -0.2) is 98.9 Å². The molecule has 1 aliphatic rings. The first-order valence-electron chi connectivity index (χ1n) is 24.1. The van der Waals surface area contributed by atoms with Crippen LogP contribution >= 0.6 is 7.82 Å². The van der Waals surface area contributed by atoms with Crippen molar-refractivity contribution in [3.8, 4) is 0 Å². The van der Waals surface area contributed by atoms with E-state index >= 15 is 0 Å².